The van der Waals surface area contributed by atoms with E-state index in [1.807, 2.05) is 0 Å². The van der Waals surface area contributed by atoms with Crippen molar-refractivity contribution in [1.29, 1.82) is 0 Å². The van der Waals surface area contributed by atoms with E-state index in [2.05, 4.69) is 20.7 Å². The topological polar surface area (TPSA) is 66.4 Å². The highest BCUT2D eigenvalue weighted by Crippen LogP contribution is 2.33. The van der Waals surface area contributed by atoms with Gasteiger partial charge in [0.1, 0.15) is 0 Å². The Kier molecular flexibility index (Phi) is 4.73. The van der Waals surface area contributed by atoms with Crippen molar-refractivity contribution in [3.05, 3.63) is 22.7 Å². The van der Waals surface area contributed by atoms with Crippen LogP contribution < -0.4 is 4.72 Å². The van der Waals surface area contributed by atoms with Crippen LogP contribution in [0.3, 0.4) is 0 Å². The largest absolute Gasteiger partial charge is 0.505 e. The second-order valence-electron chi connectivity index (χ2n) is 5.02. The van der Waals surface area contributed by atoms with Crippen LogP contribution in [0, 0.1) is 5.92 Å². The molecule has 0 amide bonds. The van der Waals surface area contributed by atoms with Gasteiger partial charge in [-0.2, -0.15) is 0 Å². The predicted molar refractivity (Wildman–Crippen MR) is 79.8 cm³/mol. The molecule has 6 heteroatoms. The summed E-state index contributed by atoms with van der Waals surface area (Å²) in [5.74, 6) is 0.300. The van der Waals surface area contributed by atoms with Crippen LogP contribution >= 0.6 is 15.9 Å². The first-order chi connectivity index (χ1) is 8.98. The molecular weight excluding hydrogens is 330 g/mol. The molecule has 1 saturated carbocycles. The first kappa shape index (κ1) is 14.7. The Balaban J connectivity index is 2.06. The van der Waals surface area contributed by atoms with Gasteiger partial charge in [0.2, 0.25) is 10.0 Å². The number of hydrogen-bond donors (Lipinski definition) is 2. The Morgan fingerprint density at radius 3 is 2.63 bits per heavy atom. The van der Waals surface area contributed by atoms with Crippen molar-refractivity contribution in [2.24, 2.45) is 5.92 Å². The van der Waals surface area contributed by atoms with E-state index in [-0.39, 0.29) is 23.1 Å². The molecule has 0 bridgehead atoms. The summed E-state index contributed by atoms with van der Waals surface area (Å²) in [6, 6.07) is 4.90. The molecule has 1 aromatic carbocycles. The van der Waals surface area contributed by atoms with Gasteiger partial charge in [0, 0.05) is 0 Å². The molecule has 1 aliphatic carbocycles. The summed E-state index contributed by atoms with van der Waals surface area (Å²) in [7, 11) is -3.40. The van der Waals surface area contributed by atoms with E-state index >= 15 is 0 Å². The number of nitrogens with one attached hydrogen (secondary N) is 1. The SMILES string of the molecule is O=S(=O)(CC1CCCCC1)Nc1cccc(Br)c1O. The van der Waals surface area contributed by atoms with Crippen LogP contribution in [0.4, 0.5) is 5.69 Å². The second-order valence-corrected chi connectivity index (χ2v) is 7.64. The fourth-order valence-electron chi connectivity index (χ4n) is 2.47. The molecule has 1 aromatic rings. The zero-order valence-corrected chi connectivity index (χ0v) is 13.0. The number of anilines is 1. The Morgan fingerprint density at radius 2 is 1.95 bits per heavy atom. The highest BCUT2D eigenvalue weighted by atomic mass is 79.9. The second kappa shape index (κ2) is 6.13. The zero-order valence-electron chi connectivity index (χ0n) is 10.6. The lowest BCUT2D eigenvalue weighted by atomic mass is 9.91. The summed E-state index contributed by atoms with van der Waals surface area (Å²) in [6.45, 7) is 0. The van der Waals surface area contributed by atoms with Gasteiger partial charge in [-0.15, -0.1) is 0 Å². The maximum absolute atomic E-state index is 12.1. The molecule has 0 aromatic heterocycles. The van der Waals surface area contributed by atoms with E-state index in [1.54, 1.807) is 18.2 Å². The first-order valence-corrected chi connectivity index (χ1v) is 8.90. The van der Waals surface area contributed by atoms with Gasteiger partial charge in [-0.3, -0.25) is 4.72 Å². The molecule has 1 fully saturated rings. The summed E-state index contributed by atoms with van der Waals surface area (Å²) < 4.78 is 27.1. The molecule has 19 heavy (non-hydrogen) atoms. The minimum absolute atomic E-state index is 0.0743. The van der Waals surface area contributed by atoms with Crippen molar-refractivity contribution in [2.75, 3.05) is 10.5 Å². The molecule has 2 N–H and O–H groups in total. The van der Waals surface area contributed by atoms with Crippen LogP contribution in [-0.4, -0.2) is 19.3 Å². The van der Waals surface area contributed by atoms with Gasteiger partial charge in [-0.1, -0.05) is 25.3 Å². The van der Waals surface area contributed by atoms with Crippen LogP contribution in [0.5, 0.6) is 5.75 Å². The van der Waals surface area contributed by atoms with E-state index in [0.717, 1.165) is 25.7 Å². The monoisotopic (exact) mass is 347 g/mol. The maximum atomic E-state index is 12.1. The number of hydrogen-bond acceptors (Lipinski definition) is 3. The fourth-order valence-corrected chi connectivity index (χ4v) is 4.37. The molecule has 106 valence electrons. The summed E-state index contributed by atoms with van der Waals surface area (Å²) >= 11 is 3.17. The minimum atomic E-state index is -3.40. The minimum Gasteiger partial charge on any atom is -0.505 e. The third-order valence-corrected chi connectivity index (χ3v) is 5.51. The lowest BCUT2D eigenvalue weighted by molar-refractivity contribution is 0.385. The zero-order chi connectivity index (χ0) is 13.9. The van der Waals surface area contributed by atoms with Crippen molar-refractivity contribution < 1.29 is 13.5 Å². The van der Waals surface area contributed by atoms with Crippen molar-refractivity contribution in [2.45, 2.75) is 32.1 Å². The fraction of sp³-hybridized carbons (Fsp3) is 0.538. The van der Waals surface area contributed by atoms with Crippen LogP contribution in [-0.2, 0) is 10.0 Å². The lowest BCUT2D eigenvalue weighted by Gasteiger charge is -2.21. The standard InChI is InChI=1S/C13H18BrNO3S/c14-11-7-4-8-12(13(11)16)15-19(17,18)9-10-5-2-1-3-6-10/h4,7-8,10,15-16H,1-3,5-6,9H2. The highest BCUT2D eigenvalue weighted by Gasteiger charge is 2.22. The number of phenolic OH excluding ortho intramolecular Hbond substituents is 1. The molecule has 0 heterocycles. The number of rotatable bonds is 4. The quantitative estimate of drug-likeness (QED) is 0.819. The Hall–Kier alpha value is -0.750. The molecule has 2 rings (SSSR count). The molecule has 4 nitrogen and oxygen atoms in total. The predicted octanol–water partition coefficient (Wildman–Crippen LogP) is 3.48. The molecule has 0 aliphatic heterocycles. The Bertz CT molecular complexity index is 539. The van der Waals surface area contributed by atoms with E-state index < -0.39 is 10.0 Å². The average molecular weight is 348 g/mol. The van der Waals surface area contributed by atoms with Gasteiger partial charge in [-0.25, -0.2) is 8.42 Å². The molecule has 0 atom stereocenters. The number of phenols is 1. The number of halogens is 1. The van der Waals surface area contributed by atoms with Crippen molar-refractivity contribution in [3.63, 3.8) is 0 Å². The van der Waals surface area contributed by atoms with Crippen molar-refractivity contribution >= 4 is 31.6 Å². The van der Waals surface area contributed by atoms with E-state index in [0.29, 0.717) is 4.47 Å². The Labute approximate surface area is 122 Å². The molecule has 0 radical (unpaired) electrons. The van der Waals surface area contributed by atoms with E-state index in [1.165, 1.54) is 6.42 Å². The summed E-state index contributed by atoms with van der Waals surface area (Å²) in [4.78, 5) is 0. The number of para-hydroxylation sites is 1. The van der Waals surface area contributed by atoms with Crippen LogP contribution in [0.1, 0.15) is 32.1 Å². The molecule has 0 unspecified atom stereocenters. The van der Waals surface area contributed by atoms with Gasteiger partial charge in [-0.05, 0) is 46.8 Å². The third-order valence-electron chi connectivity index (χ3n) is 3.43. The highest BCUT2D eigenvalue weighted by molar-refractivity contribution is 9.10. The molecule has 1 aliphatic rings. The number of aromatic hydroxyl groups is 1. The summed E-state index contributed by atoms with van der Waals surface area (Å²) in [6.07, 6.45) is 5.39. The van der Waals surface area contributed by atoms with E-state index in [9.17, 15) is 13.5 Å². The van der Waals surface area contributed by atoms with Crippen LogP contribution in [0.15, 0.2) is 22.7 Å². The lowest BCUT2D eigenvalue weighted by Crippen LogP contribution is -2.24. The first-order valence-electron chi connectivity index (χ1n) is 6.46. The molecule has 0 spiro atoms. The Morgan fingerprint density at radius 1 is 1.26 bits per heavy atom. The normalized spacial score (nSPS) is 17.3. The number of benzene rings is 1. The van der Waals surface area contributed by atoms with E-state index in [4.69, 9.17) is 0 Å². The van der Waals surface area contributed by atoms with Gasteiger partial charge < -0.3 is 5.11 Å². The van der Waals surface area contributed by atoms with Crippen LogP contribution in [0.2, 0.25) is 0 Å². The molecular formula is C13H18BrNO3S. The maximum Gasteiger partial charge on any atom is 0.233 e. The smallest absolute Gasteiger partial charge is 0.233 e. The number of sulfonamides is 1. The summed E-state index contributed by atoms with van der Waals surface area (Å²) in [5, 5.41) is 9.79. The van der Waals surface area contributed by atoms with Crippen molar-refractivity contribution in [3.8, 4) is 5.75 Å². The van der Waals surface area contributed by atoms with Gasteiger partial charge in [0.15, 0.2) is 5.75 Å². The third kappa shape index (κ3) is 4.11. The molecule has 0 saturated heterocycles. The average Bonchev–Trinajstić information content (AvgIpc) is 2.35. The van der Waals surface area contributed by atoms with Gasteiger partial charge in [0.25, 0.3) is 0 Å². The summed E-state index contributed by atoms with van der Waals surface area (Å²) in [5.41, 5.74) is 0.227. The van der Waals surface area contributed by atoms with Gasteiger partial charge in [0.05, 0.1) is 15.9 Å². The van der Waals surface area contributed by atoms with Crippen molar-refractivity contribution in [1.82, 2.24) is 0 Å². The van der Waals surface area contributed by atoms with Gasteiger partial charge >= 0.3 is 0 Å². The van der Waals surface area contributed by atoms with Crippen LogP contribution in [0.25, 0.3) is 0 Å².